The fourth-order valence-electron chi connectivity index (χ4n) is 3.38. The molecule has 1 aliphatic heterocycles. The van der Waals surface area contributed by atoms with Gasteiger partial charge in [0, 0.05) is 23.2 Å². The number of anilines is 1. The summed E-state index contributed by atoms with van der Waals surface area (Å²) in [6, 6.07) is 19.5. The number of rotatable bonds is 4. The summed E-state index contributed by atoms with van der Waals surface area (Å²) in [4.78, 5) is 27.1. The monoisotopic (exact) mass is 375 g/mol. The van der Waals surface area contributed by atoms with E-state index in [2.05, 4.69) is 0 Å². The molecule has 1 heterocycles. The highest BCUT2D eigenvalue weighted by atomic mass is 19.1. The van der Waals surface area contributed by atoms with E-state index < -0.39 is 18.0 Å². The van der Waals surface area contributed by atoms with E-state index in [-0.39, 0.29) is 12.2 Å². The van der Waals surface area contributed by atoms with Crippen molar-refractivity contribution in [2.24, 2.45) is 0 Å². The van der Waals surface area contributed by atoms with Crippen LogP contribution in [-0.4, -0.2) is 11.9 Å². The van der Waals surface area contributed by atoms with Crippen LogP contribution in [0.3, 0.4) is 0 Å². The van der Waals surface area contributed by atoms with Gasteiger partial charge in [0.25, 0.3) is 0 Å². The lowest BCUT2D eigenvalue weighted by atomic mass is 9.94. The largest absolute Gasteiger partial charge is 0.420 e. The Hall–Kier alpha value is -3.47. The van der Waals surface area contributed by atoms with Crippen molar-refractivity contribution >= 4 is 17.6 Å². The zero-order chi connectivity index (χ0) is 19.7. The molecule has 3 aromatic rings. The van der Waals surface area contributed by atoms with E-state index in [0.29, 0.717) is 17.0 Å². The molecule has 3 aromatic carbocycles. The molecule has 4 nitrogen and oxygen atoms in total. The number of amides is 1. The van der Waals surface area contributed by atoms with Gasteiger partial charge in [-0.25, -0.2) is 9.18 Å². The lowest BCUT2D eigenvalue weighted by Crippen LogP contribution is -2.42. The van der Waals surface area contributed by atoms with Gasteiger partial charge in [-0.1, -0.05) is 48.0 Å². The van der Waals surface area contributed by atoms with Crippen LogP contribution in [0.4, 0.5) is 14.9 Å². The molecule has 4 rings (SSSR count). The summed E-state index contributed by atoms with van der Waals surface area (Å²) in [5.41, 5.74) is 2.87. The maximum Gasteiger partial charge on any atom is 0.420 e. The second kappa shape index (κ2) is 7.27. The Balaban J connectivity index is 1.74. The van der Waals surface area contributed by atoms with Gasteiger partial charge in [-0.15, -0.1) is 0 Å². The normalized spacial score (nSPS) is 15.7. The summed E-state index contributed by atoms with van der Waals surface area (Å²) < 4.78 is 18.8. The summed E-state index contributed by atoms with van der Waals surface area (Å²) in [6.45, 7) is 1.96. The Kier molecular flexibility index (Phi) is 4.65. The van der Waals surface area contributed by atoms with E-state index in [1.54, 1.807) is 24.3 Å². The van der Waals surface area contributed by atoms with Gasteiger partial charge in [-0.3, -0.25) is 9.69 Å². The minimum Gasteiger partial charge on any atom is -0.410 e. The number of ketones is 1. The third-order valence-corrected chi connectivity index (χ3v) is 4.84. The number of carbonyl (C=O) groups excluding carboxylic acids is 2. The highest BCUT2D eigenvalue weighted by Gasteiger charge is 2.36. The summed E-state index contributed by atoms with van der Waals surface area (Å²) in [5.74, 6) is -0.0454. The molecule has 140 valence electrons. The number of nitrogens with zero attached hydrogens (tertiary/aromatic N) is 1. The molecule has 1 aliphatic rings. The van der Waals surface area contributed by atoms with Crippen molar-refractivity contribution in [1.82, 2.24) is 0 Å². The van der Waals surface area contributed by atoms with Crippen LogP contribution in [-0.2, 0) is 0 Å². The first-order valence-corrected chi connectivity index (χ1v) is 8.98. The van der Waals surface area contributed by atoms with Gasteiger partial charge in [0.1, 0.15) is 11.6 Å². The molecular weight excluding hydrogens is 357 g/mol. The van der Waals surface area contributed by atoms with Gasteiger partial charge >= 0.3 is 6.09 Å². The number of aryl methyl sites for hydroxylation is 1. The van der Waals surface area contributed by atoms with Crippen molar-refractivity contribution in [2.45, 2.75) is 19.4 Å². The minimum absolute atomic E-state index is 0.0818. The van der Waals surface area contributed by atoms with Gasteiger partial charge in [0.15, 0.2) is 5.78 Å². The van der Waals surface area contributed by atoms with Gasteiger partial charge in [-0.05, 0) is 37.3 Å². The van der Waals surface area contributed by atoms with E-state index in [9.17, 15) is 14.0 Å². The molecule has 1 atom stereocenters. The maximum atomic E-state index is 13.4. The Morgan fingerprint density at radius 3 is 2.39 bits per heavy atom. The molecule has 0 saturated carbocycles. The van der Waals surface area contributed by atoms with Crippen LogP contribution in [0.1, 0.15) is 33.9 Å². The van der Waals surface area contributed by atoms with Crippen molar-refractivity contribution in [1.29, 1.82) is 0 Å². The maximum absolute atomic E-state index is 13.4. The van der Waals surface area contributed by atoms with Gasteiger partial charge in [0.05, 0.1) is 6.04 Å². The molecule has 5 heteroatoms. The summed E-state index contributed by atoms with van der Waals surface area (Å²) in [7, 11) is 0. The standard InChI is InChI=1S/C23H18FNO3/c1-15-6-8-16(9-7-15)21(26)14-20-19-4-2-3-5-22(19)28-23(27)25(20)18-12-10-17(24)11-13-18/h2-13,20H,14H2,1H3/t20-/m0/s1. The van der Waals surface area contributed by atoms with Gasteiger partial charge < -0.3 is 4.74 Å². The Morgan fingerprint density at radius 1 is 1.00 bits per heavy atom. The van der Waals surface area contributed by atoms with Crippen LogP contribution in [0.15, 0.2) is 72.8 Å². The first-order valence-electron chi connectivity index (χ1n) is 8.98. The van der Waals surface area contributed by atoms with Crippen LogP contribution in [0, 0.1) is 12.7 Å². The van der Waals surface area contributed by atoms with E-state index >= 15 is 0 Å². The third-order valence-electron chi connectivity index (χ3n) is 4.84. The van der Waals surface area contributed by atoms with Crippen LogP contribution < -0.4 is 9.64 Å². The predicted octanol–water partition coefficient (Wildman–Crippen LogP) is 5.47. The van der Waals surface area contributed by atoms with Crippen molar-refractivity contribution in [3.63, 3.8) is 0 Å². The molecule has 0 radical (unpaired) electrons. The average molecular weight is 375 g/mol. The summed E-state index contributed by atoms with van der Waals surface area (Å²) >= 11 is 0. The van der Waals surface area contributed by atoms with Crippen LogP contribution in [0.25, 0.3) is 0 Å². The van der Waals surface area contributed by atoms with Crippen LogP contribution >= 0.6 is 0 Å². The minimum atomic E-state index is -0.591. The number of fused-ring (bicyclic) bond motifs is 1. The second-order valence-electron chi connectivity index (χ2n) is 6.76. The lowest BCUT2D eigenvalue weighted by molar-refractivity contribution is 0.0971. The van der Waals surface area contributed by atoms with Gasteiger partial charge in [0.2, 0.25) is 0 Å². The summed E-state index contributed by atoms with van der Waals surface area (Å²) in [5, 5.41) is 0. The first-order chi connectivity index (χ1) is 13.5. The highest BCUT2D eigenvalue weighted by molar-refractivity contribution is 5.99. The molecule has 0 aromatic heterocycles. The number of hydrogen-bond acceptors (Lipinski definition) is 3. The van der Waals surface area contributed by atoms with E-state index in [1.807, 2.05) is 31.2 Å². The second-order valence-corrected chi connectivity index (χ2v) is 6.76. The molecular formula is C23H18FNO3. The Bertz CT molecular complexity index is 1030. The van der Waals surface area contributed by atoms with Crippen molar-refractivity contribution in [3.05, 3.63) is 95.3 Å². The highest BCUT2D eigenvalue weighted by Crippen LogP contribution is 2.40. The average Bonchev–Trinajstić information content (AvgIpc) is 2.69. The zero-order valence-corrected chi connectivity index (χ0v) is 15.3. The SMILES string of the molecule is Cc1ccc(C(=O)C[C@H]2c3ccccc3OC(=O)N2c2ccc(F)cc2)cc1. The molecule has 28 heavy (non-hydrogen) atoms. The topological polar surface area (TPSA) is 46.6 Å². The van der Waals surface area contributed by atoms with Gasteiger partial charge in [-0.2, -0.15) is 0 Å². The number of carbonyl (C=O) groups is 2. The number of para-hydroxylation sites is 1. The smallest absolute Gasteiger partial charge is 0.410 e. The first kappa shape index (κ1) is 17.9. The van der Waals surface area contributed by atoms with E-state index in [4.69, 9.17) is 4.74 Å². The van der Waals surface area contributed by atoms with Crippen LogP contribution in [0.5, 0.6) is 5.75 Å². The van der Waals surface area contributed by atoms with E-state index in [1.165, 1.54) is 29.2 Å². The molecule has 0 aliphatic carbocycles. The number of benzene rings is 3. The number of ether oxygens (including phenoxy) is 1. The van der Waals surface area contributed by atoms with Crippen molar-refractivity contribution < 1.29 is 18.7 Å². The molecule has 0 bridgehead atoms. The lowest BCUT2D eigenvalue weighted by Gasteiger charge is -2.36. The number of Topliss-reactive ketones (excluding diaryl/α,β-unsaturated/α-hetero) is 1. The fraction of sp³-hybridized carbons (Fsp3) is 0.130. The quantitative estimate of drug-likeness (QED) is 0.568. The third kappa shape index (κ3) is 3.39. The number of halogens is 1. The van der Waals surface area contributed by atoms with Crippen molar-refractivity contribution in [3.8, 4) is 5.75 Å². The van der Waals surface area contributed by atoms with E-state index in [0.717, 1.165) is 11.1 Å². The Morgan fingerprint density at radius 2 is 1.68 bits per heavy atom. The summed E-state index contributed by atoms with van der Waals surface area (Å²) in [6.07, 6.45) is -0.501. The molecule has 1 amide bonds. The molecule has 0 fully saturated rings. The van der Waals surface area contributed by atoms with Crippen molar-refractivity contribution in [2.75, 3.05) is 4.90 Å². The fourth-order valence-corrected chi connectivity index (χ4v) is 3.38. The molecule has 0 N–H and O–H groups in total. The zero-order valence-electron chi connectivity index (χ0n) is 15.3. The van der Waals surface area contributed by atoms with Crippen LogP contribution in [0.2, 0.25) is 0 Å². The predicted molar refractivity (Wildman–Crippen MR) is 104 cm³/mol. The molecule has 0 unspecified atom stereocenters. The molecule has 0 saturated heterocycles. The number of hydrogen-bond donors (Lipinski definition) is 0. The molecule has 0 spiro atoms. The Labute approximate surface area is 162 Å².